The van der Waals surface area contributed by atoms with Crippen LogP contribution in [0.4, 0.5) is 0 Å². The fourth-order valence-electron chi connectivity index (χ4n) is 2.62. The molecule has 10 nitrogen and oxygen atoms in total. The van der Waals surface area contributed by atoms with E-state index in [1.54, 1.807) is 30.3 Å². The molecule has 0 spiro atoms. The lowest BCUT2D eigenvalue weighted by Gasteiger charge is -2.19. The summed E-state index contributed by atoms with van der Waals surface area (Å²) >= 11 is 0. The van der Waals surface area contributed by atoms with Crippen LogP contribution in [0.3, 0.4) is 0 Å². The van der Waals surface area contributed by atoms with E-state index in [9.17, 15) is 14.4 Å². The van der Waals surface area contributed by atoms with Crippen molar-refractivity contribution >= 4 is 17.8 Å². The van der Waals surface area contributed by atoms with Crippen LogP contribution in [0.5, 0.6) is 0 Å². The summed E-state index contributed by atoms with van der Waals surface area (Å²) in [5.74, 6) is -1.84. The van der Waals surface area contributed by atoms with Gasteiger partial charge in [-0.1, -0.05) is 48.5 Å². The van der Waals surface area contributed by atoms with E-state index >= 15 is 0 Å². The molecule has 0 unspecified atom stereocenters. The molecule has 2 aromatic carbocycles. The molecular formula is C20H20N6O4. The zero-order chi connectivity index (χ0) is 21.3. The third-order valence-electron chi connectivity index (χ3n) is 4.23. The largest absolute Gasteiger partial charge is 0.451 e. The van der Waals surface area contributed by atoms with Crippen LogP contribution in [0.25, 0.3) is 0 Å². The Labute approximate surface area is 172 Å². The predicted octanol–water partition coefficient (Wildman–Crippen LogP) is 0.850. The highest BCUT2D eigenvalue weighted by Crippen LogP contribution is 2.15. The lowest BCUT2D eigenvalue weighted by Crippen LogP contribution is -2.47. The lowest BCUT2D eigenvalue weighted by atomic mass is 10.1. The highest BCUT2D eigenvalue weighted by molar-refractivity contribution is 5.95. The maximum Gasteiger partial charge on any atom is 0.332 e. The number of carbonyl (C=O) groups is 3. The number of rotatable bonds is 7. The minimum atomic E-state index is -1.15. The standard InChI is InChI=1S/C20H20N6O4/c1-14(18(27)22-23-19(28)16-10-6-3-7-11-16)30-20(29)17(26-13-21-24-25-26)12-15-8-4-2-5-9-15/h2-11,13-14,17H,12H2,1H3,(H,22,27)(H,23,28)/t14-,17+/m0/s1. The number of nitrogens with zero attached hydrogens (tertiary/aromatic N) is 4. The molecule has 0 aliphatic rings. The van der Waals surface area contributed by atoms with Crippen molar-refractivity contribution in [1.29, 1.82) is 0 Å². The van der Waals surface area contributed by atoms with Gasteiger partial charge in [0.25, 0.3) is 11.8 Å². The first-order chi connectivity index (χ1) is 14.5. The van der Waals surface area contributed by atoms with Gasteiger partial charge in [0.15, 0.2) is 12.1 Å². The van der Waals surface area contributed by atoms with Gasteiger partial charge in [0.1, 0.15) is 6.33 Å². The van der Waals surface area contributed by atoms with Crippen molar-refractivity contribution in [3.8, 4) is 0 Å². The predicted molar refractivity (Wildman–Crippen MR) is 105 cm³/mol. The van der Waals surface area contributed by atoms with E-state index in [2.05, 4.69) is 26.4 Å². The Kier molecular flexibility index (Phi) is 6.83. The number of tetrazole rings is 1. The summed E-state index contributed by atoms with van der Waals surface area (Å²) in [6.45, 7) is 1.40. The van der Waals surface area contributed by atoms with Crippen molar-refractivity contribution in [2.24, 2.45) is 0 Å². The van der Waals surface area contributed by atoms with Crippen LogP contribution >= 0.6 is 0 Å². The summed E-state index contributed by atoms with van der Waals surface area (Å²) in [6, 6.07) is 16.8. The molecule has 1 aromatic heterocycles. The number of carbonyl (C=O) groups excluding carboxylic acids is 3. The molecular weight excluding hydrogens is 388 g/mol. The van der Waals surface area contributed by atoms with Gasteiger partial charge in [-0.25, -0.2) is 9.48 Å². The third kappa shape index (κ3) is 5.47. The van der Waals surface area contributed by atoms with E-state index < -0.39 is 29.9 Å². The highest BCUT2D eigenvalue weighted by atomic mass is 16.5. The van der Waals surface area contributed by atoms with Gasteiger partial charge in [-0.05, 0) is 35.0 Å². The Morgan fingerprint density at radius 1 is 1.00 bits per heavy atom. The van der Waals surface area contributed by atoms with Gasteiger partial charge in [0.05, 0.1) is 0 Å². The first kappa shape index (κ1) is 20.6. The number of ether oxygens (including phenoxy) is 1. The van der Waals surface area contributed by atoms with E-state index in [1.807, 2.05) is 30.3 Å². The SMILES string of the molecule is C[C@H](OC(=O)[C@@H](Cc1ccccc1)n1cnnn1)C(=O)NNC(=O)c1ccccc1. The molecule has 0 aliphatic carbocycles. The van der Waals surface area contributed by atoms with E-state index in [-0.39, 0.29) is 6.42 Å². The van der Waals surface area contributed by atoms with Crippen LogP contribution in [-0.2, 0) is 20.7 Å². The van der Waals surface area contributed by atoms with Gasteiger partial charge < -0.3 is 4.74 Å². The Morgan fingerprint density at radius 2 is 1.67 bits per heavy atom. The minimum Gasteiger partial charge on any atom is -0.451 e. The number of hydrogen-bond donors (Lipinski definition) is 2. The Hall–Kier alpha value is -4.08. The molecule has 0 fully saturated rings. The zero-order valence-electron chi connectivity index (χ0n) is 16.1. The fourth-order valence-corrected chi connectivity index (χ4v) is 2.62. The average molecular weight is 408 g/mol. The van der Waals surface area contributed by atoms with Crippen LogP contribution in [0.2, 0.25) is 0 Å². The number of amides is 2. The van der Waals surface area contributed by atoms with Crippen molar-refractivity contribution in [3.63, 3.8) is 0 Å². The molecule has 0 saturated heterocycles. The van der Waals surface area contributed by atoms with E-state index in [0.29, 0.717) is 5.56 Å². The number of esters is 1. The average Bonchev–Trinajstić information content (AvgIpc) is 3.31. The summed E-state index contributed by atoms with van der Waals surface area (Å²) in [4.78, 5) is 36.9. The number of aromatic nitrogens is 4. The summed E-state index contributed by atoms with van der Waals surface area (Å²) in [7, 11) is 0. The quantitative estimate of drug-likeness (QED) is 0.438. The van der Waals surface area contributed by atoms with Crippen molar-refractivity contribution in [2.45, 2.75) is 25.5 Å². The van der Waals surface area contributed by atoms with Crippen molar-refractivity contribution in [1.82, 2.24) is 31.1 Å². The van der Waals surface area contributed by atoms with Crippen LogP contribution < -0.4 is 10.9 Å². The van der Waals surface area contributed by atoms with E-state index in [1.165, 1.54) is 17.9 Å². The van der Waals surface area contributed by atoms with Crippen LogP contribution in [0.1, 0.15) is 28.9 Å². The van der Waals surface area contributed by atoms with Crippen LogP contribution in [0.15, 0.2) is 67.0 Å². The maximum atomic E-state index is 12.7. The third-order valence-corrected chi connectivity index (χ3v) is 4.23. The van der Waals surface area contributed by atoms with Crippen LogP contribution in [0, 0.1) is 0 Å². The second-order valence-electron chi connectivity index (χ2n) is 6.38. The maximum absolute atomic E-state index is 12.7. The summed E-state index contributed by atoms with van der Waals surface area (Å²) in [6.07, 6.45) is 0.437. The molecule has 3 rings (SSSR count). The smallest absolute Gasteiger partial charge is 0.332 e. The fraction of sp³-hybridized carbons (Fsp3) is 0.200. The van der Waals surface area contributed by atoms with Crippen molar-refractivity contribution in [2.75, 3.05) is 0 Å². The summed E-state index contributed by atoms with van der Waals surface area (Å²) < 4.78 is 6.56. The Balaban J connectivity index is 1.59. The molecule has 0 radical (unpaired) electrons. The summed E-state index contributed by atoms with van der Waals surface area (Å²) in [5, 5.41) is 10.9. The van der Waals surface area contributed by atoms with Gasteiger partial charge in [0, 0.05) is 12.0 Å². The van der Waals surface area contributed by atoms with Gasteiger partial charge in [-0.3, -0.25) is 20.4 Å². The minimum absolute atomic E-state index is 0.282. The number of nitrogens with one attached hydrogen (secondary N) is 2. The molecule has 0 aliphatic heterocycles. The van der Waals surface area contributed by atoms with Gasteiger partial charge in [-0.15, -0.1) is 5.10 Å². The topological polar surface area (TPSA) is 128 Å². The van der Waals surface area contributed by atoms with E-state index in [0.717, 1.165) is 5.56 Å². The first-order valence-corrected chi connectivity index (χ1v) is 9.16. The molecule has 1 heterocycles. The molecule has 154 valence electrons. The zero-order valence-corrected chi connectivity index (χ0v) is 16.1. The monoisotopic (exact) mass is 408 g/mol. The second kappa shape index (κ2) is 9.92. The first-order valence-electron chi connectivity index (χ1n) is 9.16. The molecule has 30 heavy (non-hydrogen) atoms. The molecule has 10 heteroatoms. The summed E-state index contributed by atoms with van der Waals surface area (Å²) in [5.41, 5.74) is 5.78. The number of hydrazine groups is 1. The van der Waals surface area contributed by atoms with Crippen molar-refractivity contribution < 1.29 is 19.1 Å². The second-order valence-corrected chi connectivity index (χ2v) is 6.38. The molecule has 3 aromatic rings. The molecule has 0 bridgehead atoms. The Bertz CT molecular complexity index is 979. The van der Waals surface area contributed by atoms with Gasteiger partial charge in [-0.2, -0.15) is 0 Å². The van der Waals surface area contributed by atoms with E-state index in [4.69, 9.17) is 4.74 Å². The molecule has 0 saturated carbocycles. The lowest BCUT2D eigenvalue weighted by molar-refractivity contribution is -0.158. The Morgan fingerprint density at radius 3 is 2.30 bits per heavy atom. The molecule has 2 amide bonds. The number of hydrogen-bond acceptors (Lipinski definition) is 7. The molecule has 2 N–H and O–H groups in total. The highest BCUT2D eigenvalue weighted by Gasteiger charge is 2.28. The normalized spacial score (nSPS) is 12.4. The molecule has 2 atom stereocenters. The van der Waals surface area contributed by atoms with Gasteiger partial charge >= 0.3 is 5.97 Å². The number of benzene rings is 2. The van der Waals surface area contributed by atoms with Crippen LogP contribution in [-0.4, -0.2) is 44.1 Å². The van der Waals surface area contributed by atoms with Crippen molar-refractivity contribution in [3.05, 3.63) is 78.1 Å². The van der Waals surface area contributed by atoms with Gasteiger partial charge in [0.2, 0.25) is 0 Å².